The first-order chi connectivity index (χ1) is 12.7. The molecule has 3 aromatic carbocycles. The standard InChI is InChI=1S/C23H16ClNO/c24-19-13-11-16(12-14-19)20-15-25-22(17-7-3-1-4-8-17)21(20)23(26)18-9-5-2-6-10-18/h1-15,25H. The Hall–Kier alpha value is -3.10. The predicted molar refractivity (Wildman–Crippen MR) is 107 cm³/mol. The highest BCUT2D eigenvalue weighted by Crippen LogP contribution is 2.34. The molecule has 2 nitrogen and oxygen atoms in total. The van der Waals surface area contributed by atoms with Crippen molar-refractivity contribution in [3.63, 3.8) is 0 Å². The summed E-state index contributed by atoms with van der Waals surface area (Å²) < 4.78 is 0. The third kappa shape index (κ3) is 3.07. The molecule has 1 N–H and O–H groups in total. The van der Waals surface area contributed by atoms with Crippen molar-refractivity contribution in [1.82, 2.24) is 4.98 Å². The number of aromatic nitrogens is 1. The van der Waals surface area contributed by atoms with E-state index in [4.69, 9.17) is 11.6 Å². The zero-order valence-electron chi connectivity index (χ0n) is 13.9. The van der Waals surface area contributed by atoms with Crippen LogP contribution in [0.2, 0.25) is 5.02 Å². The molecule has 0 radical (unpaired) electrons. The Morgan fingerprint density at radius 1 is 0.731 bits per heavy atom. The van der Waals surface area contributed by atoms with E-state index in [9.17, 15) is 4.79 Å². The highest BCUT2D eigenvalue weighted by molar-refractivity contribution is 6.30. The van der Waals surface area contributed by atoms with Crippen molar-refractivity contribution in [2.24, 2.45) is 0 Å². The number of hydrogen-bond acceptors (Lipinski definition) is 1. The van der Waals surface area contributed by atoms with Crippen molar-refractivity contribution in [2.75, 3.05) is 0 Å². The molecule has 4 rings (SSSR count). The van der Waals surface area contributed by atoms with Crippen molar-refractivity contribution >= 4 is 17.4 Å². The van der Waals surface area contributed by atoms with Crippen LogP contribution in [0, 0.1) is 0 Å². The second-order valence-corrected chi connectivity index (χ2v) is 6.46. The molecule has 0 bridgehead atoms. The van der Waals surface area contributed by atoms with E-state index in [1.807, 2.05) is 91.1 Å². The number of aromatic amines is 1. The summed E-state index contributed by atoms with van der Waals surface area (Å²) in [4.78, 5) is 16.6. The van der Waals surface area contributed by atoms with E-state index < -0.39 is 0 Å². The number of nitrogens with one attached hydrogen (secondary N) is 1. The summed E-state index contributed by atoms with van der Waals surface area (Å²) in [6.07, 6.45) is 1.89. The number of H-pyrrole nitrogens is 1. The van der Waals surface area contributed by atoms with Gasteiger partial charge in [0.2, 0.25) is 0 Å². The lowest BCUT2D eigenvalue weighted by Gasteiger charge is -2.08. The second kappa shape index (κ2) is 7.03. The Bertz CT molecular complexity index is 1030. The monoisotopic (exact) mass is 357 g/mol. The van der Waals surface area contributed by atoms with E-state index >= 15 is 0 Å². The fraction of sp³-hybridized carbons (Fsp3) is 0. The van der Waals surface area contributed by atoms with E-state index in [-0.39, 0.29) is 5.78 Å². The van der Waals surface area contributed by atoms with Gasteiger partial charge in [-0.05, 0) is 23.3 Å². The summed E-state index contributed by atoms with van der Waals surface area (Å²) in [6, 6.07) is 26.8. The van der Waals surface area contributed by atoms with Gasteiger partial charge in [-0.1, -0.05) is 84.4 Å². The predicted octanol–water partition coefficient (Wildman–Crippen LogP) is 6.23. The van der Waals surface area contributed by atoms with Crippen LogP contribution >= 0.6 is 11.6 Å². The average Bonchev–Trinajstić information content (AvgIpc) is 3.14. The molecule has 26 heavy (non-hydrogen) atoms. The van der Waals surface area contributed by atoms with E-state index in [1.54, 1.807) is 0 Å². The van der Waals surface area contributed by atoms with Gasteiger partial charge in [-0.15, -0.1) is 0 Å². The number of halogens is 1. The zero-order valence-corrected chi connectivity index (χ0v) is 14.7. The molecule has 0 saturated heterocycles. The van der Waals surface area contributed by atoms with Gasteiger partial charge in [0.05, 0.1) is 11.3 Å². The van der Waals surface area contributed by atoms with Crippen LogP contribution in [-0.2, 0) is 0 Å². The normalized spacial score (nSPS) is 10.7. The van der Waals surface area contributed by atoms with Crippen molar-refractivity contribution in [1.29, 1.82) is 0 Å². The minimum absolute atomic E-state index is 0.00402. The minimum atomic E-state index is -0.00402. The highest BCUT2D eigenvalue weighted by atomic mass is 35.5. The Labute approximate surface area is 157 Å². The van der Waals surface area contributed by atoms with Crippen molar-refractivity contribution in [2.45, 2.75) is 0 Å². The molecule has 0 atom stereocenters. The van der Waals surface area contributed by atoms with Gasteiger partial charge in [-0.3, -0.25) is 4.79 Å². The van der Waals surface area contributed by atoms with Gasteiger partial charge >= 0.3 is 0 Å². The number of carbonyl (C=O) groups is 1. The highest BCUT2D eigenvalue weighted by Gasteiger charge is 2.21. The maximum atomic E-state index is 13.3. The number of hydrogen-bond donors (Lipinski definition) is 1. The summed E-state index contributed by atoms with van der Waals surface area (Å²) in [7, 11) is 0. The molecule has 0 aliphatic rings. The molecule has 3 heteroatoms. The van der Waals surface area contributed by atoms with Crippen LogP contribution in [0.5, 0.6) is 0 Å². The molecular weight excluding hydrogens is 342 g/mol. The summed E-state index contributed by atoms with van der Waals surface area (Å²) >= 11 is 6.02. The van der Waals surface area contributed by atoms with Crippen molar-refractivity contribution in [3.8, 4) is 22.4 Å². The summed E-state index contributed by atoms with van der Waals surface area (Å²) in [5, 5.41) is 0.670. The molecule has 1 heterocycles. The summed E-state index contributed by atoms with van der Waals surface area (Å²) in [5.74, 6) is -0.00402. The maximum Gasteiger partial charge on any atom is 0.195 e. The lowest BCUT2D eigenvalue weighted by Crippen LogP contribution is -2.03. The Morgan fingerprint density at radius 2 is 1.35 bits per heavy atom. The van der Waals surface area contributed by atoms with Gasteiger partial charge in [0.15, 0.2) is 5.78 Å². The van der Waals surface area contributed by atoms with Crippen LogP contribution < -0.4 is 0 Å². The molecule has 1 aromatic heterocycles. The zero-order chi connectivity index (χ0) is 17.9. The first-order valence-corrected chi connectivity index (χ1v) is 8.74. The topological polar surface area (TPSA) is 32.9 Å². The van der Waals surface area contributed by atoms with Crippen LogP contribution in [0.4, 0.5) is 0 Å². The minimum Gasteiger partial charge on any atom is -0.360 e. The quantitative estimate of drug-likeness (QED) is 0.431. The molecule has 0 spiro atoms. The first kappa shape index (κ1) is 16.4. The molecule has 4 aromatic rings. The molecule has 126 valence electrons. The van der Waals surface area contributed by atoms with Crippen LogP contribution in [0.1, 0.15) is 15.9 Å². The summed E-state index contributed by atoms with van der Waals surface area (Å²) in [6.45, 7) is 0. The number of ketones is 1. The Morgan fingerprint density at radius 3 is 2.00 bits per heavy atom. The van der Waals surface area contributed by atoms with Crippen LogP contribution in [0.3, 0.4) is 0 Å². The Kier molecular flexibility index (Phi) is 4.42. The first-order valence-electron chi connectivity index (χ1n) is 8.36. The number of carbonyl (C=O) groups excluding carboxylic acids is 1. The average molecular weight is 358 g/mol. The molecule has 0 fully saturated rings. The molecular formula is C23H16ClNO. The van der Waals surface area contributed by atoms with Crippen molar-refractivity contribution in [3.05, 3.63) is 107 Å². The van der Waals surface area contributed by atoms with Crippen LogP contribution in [0.15, 0.2) is 91.1 Å². The van der Waals surface area contributed by atoms with Gasteiger partial charge in [0.1, 0.15) is 0 Å². The van der Waals surface area contributed by atoms with Gasteiger partial charge in [-0.2, -0.15) is 0 Å². The molecule has 0 aliphatic carbocycles. The maximum absolute atomic E-state index is 13.3. The van der Waals surface area contributed by atoms with Crippen molar-refractivity contribution < 1.29 is 4.79 Å². The molecule has 0 saturated carbocycles. The third-order valence-electron chi connectivity index (χ3n) is 4.36. The van der Waals surface area contributed by atoms with E-state index in [2.05, 4.69) is 4.98 Å². The molecule has 0 amide bonds. The van der Waals surface area contributed by atoms with Gasteiger partial charge in [0, 0.05) is 22.3 Å². The second-order valence-electron chi connectivity index (χ2n) is 6.02. The molecule has 0 aliphatic heterocycles. The largest absolute Gasteiger partial charge is 0.360 e. The van der Waals surface area contributed by atoms with Gasteiger partial charge in [-0.25, -0.2) is 0 Å². The third-order valence-corrected chi connectivity index (χ3v) is 4.61. The Balaban J connectivity index is 1.92. The van der Waals surface area contributed by atoms with Gasteiger partial charge in [0.25, 0.3) is 0 Å². The van der Waals surface area contributed by atoms with Crippen LogP contribution in [0.25, 0.3) is 22.4 Å². The van der Waals surface area contributed by atoms with Gasteiger partial charge < -0.3 is 4.98 Å². The van der Waals surface area contributed by atoms with Crippen LogP contribution in [-0.4, -0.2) is 10.8 Å². The lowest BCUT2D eigenvalue weighted by atomic mass is 9.94. The van der Waals surface area contributed by atoms with E-state index in [0.717, 1.165) is 22.4 Å². The van der Waals surface area contributed by atoms with E-state index in [0.29, 0.717) is 16.1 Å². The number of rotatable bonds is 4. The SMILES string of the molecule is O=C(c1ccccc1)c1c(-c2ccc(Cl)cc2)c[nH]c1-c1ccccc1. The fourth-order valence-electron chi connectivity index (χ4n) is 3.08. The smallest absolute Gasteiger partial charge is 0.195 e. The van der Waals surface area contributed by atoms with E-state index in [1.165, 1.54) is 0 Å². The fourth-order valence-corrected chi connectivity index (χ4v) is 3.21. The lowest BCUT2D eigenvalue weighted by molar-refractivity contribution is 0.104. The summed E-state index contributed by atoms with van der Waals surface area (Å²) in [5.41, 5.74) is 4.96. The number of benzene rings is 3. The molecule has 0 unspecified atom stereocenters.